The second kappa shape index (κ2) is 12.3. The van der Waals surface area contributed by atoms with E-state index in [9.17, 15) is 9.79 Å². The van der Waals surface area contributed by atoms with Gasteiger partial charge in [-0.1, -0.05) is 72.8 Å². The minimum absolute atomic E-state index is 0.444. The van der Waals surface area contributed by atoms with Gasteiger partial charge in [0.1, 0.15) is 5.75 Å². The number of allylic oxidation sites excluding steroid dienone is 4. The van der Waals surface area contributed by atoms with Crippen LogP contribution in [-0.4, -0.2) is 9.79 Å². The Morgan fingerprint density at radius 3 is 1.59 bits per heavy atom. The maximum Gasteiger partial charge on any atom is 0.391 e. The Bertz CT molecular complexity index is 1160. The van der Waals surface area contributed by atoms with Crippen LogP contribution in [-0.2, 0) is 25.7 Å². The van der Waals surface area contributed by atoms with Crippen molar-refractivity contribution in [3.63, 3.8) is 0 Å². The lowest BCUT2D eigenvalue weighted by Gasteiger charge is -2.22. The summed E-state index contributed by atoms with van der Waals surface area (Å²) in [5, 5.41) is 0. The Kier molecular flexibility index (Phi) is 9.18. The van der Waals surface area contributed by atoms with Gasteiger partial charge in [-0.15, -0.1) is 26.3 Å². The van der Waals surface area contributed by atoms with Crippen LogP contribution in [0.2, 0.25) is 0 Å². The summed E-state index contributed by atoms with van der Waals surface area (Å²) >= 11 is 0. The van der Waals surface area contributed by atoms with Gasteiger partial charge in [0.25, 0.3) is 0 Å². The van der Waals surface area contributed by atoms with Gasteiger partial charge in [-0.2, -0.15) is 0 Å². The van der Waals surface area contributed by atoms with E-state index in [1.54, 1.807) is 6.08 Å². The molecule has 0 spiro atoms. The van der Waals surface area contributed by atoms with Crippen molar-refractivity contribution in [2.24, 2.45) is 0 Å². The van der Waals surface area contributed by atoms with Crippen LogP contribution in [0.1, 0.15) is 22.3 Å². The summed E-state index contributed by atoms with van der Waals surface area (Å²) in [7, 11) is -2.58. The third-order valence-electron chi connectivity index (χ3n) is 5.65. The predicted octanol–water partition coefficient (Wildman–Crippen LogP) is 7.52. The van der Waals surface area contributed by atoms with E-state index in [4.69, 9.17) is 4.52 Å². The van der Waals surface area contributed by atoms with Crippen molar-refractivity contribution >= 4 is 8.60 Å². The number of rotatable bonds is 12. The second-order valence-electron chi connectivity index (χ2n) is 7.96. The van der Waals surface area contributed by atoms with E-state index in [1.807, 2.05) is 24.3 Å². The van der Waals surface area contributed by atoms with Gasteiger partial charge < -0.3 is 14.3 Å². The van der Waals surface area contributed by atoms with E-state index >= 15 is 0 Å². The molecule has 0 atom stereocenters. The van der Waals surface area contributed by atoms with Crippen LogP contribution in [0.3, 0.4) is 0 Å². The van der Waals surface area contributed by atoms with Crippen molar-refractivity contribution in [3.05, 3.63) is 127 Å². The summed E-state index contributed by atoms with van der Waals surface area (Å²) in [5.74, 6) is 0.444. The van der Waals surface area contributed by atoms with Crippen LogP contribution in [0, 0.1) is 0 Å². The van der Waals surface area contributed by atoms with E-state index in [-0.39, 0.29) is 0 Å². The van der Waals surface area contributed by atoms with Crippen LogP contribution < -0.4 is 4.52 Å². The summed E-state index contributed by atoms with van der Waals surface area (Å²) in [6.45, 7) is 15.6. The molecule has 0 saturated carbocycles. The van der Waals surface area contributed by atoms with Gasteiger partial charge in [0.2, 0.25) is 0 Å². The third-order valence-corrected chi connectivity index (χ3v) is 6.01. The fourth-order valence-electron chi connectivity index (χ4n) is 4.19. The van der Waals surface area contributed by atoms with Gasteiger partial charge >= 0.3 is 8.60 Å². The highest BCUT2D eigenvalue weighted by atomic mass is 31.2. The monoisotopic (exact) mass is 470 g/mol. The Balaban J connectivity index is 2.32. The molecular weight excluding hydrogens is 439 g/mol. The van der Waals surface area contributed by atoms with Crippen molar-refractivity contribution in [2.75, 3.05) is 0 Å². The molecule has 0 aliphatic rings. The molecule has 4 heteroatoms. The van der Waals surface area contributed by atoms with Crippen LogP contribution >= 0.6 is 8.60 Å². The lowest BCUT2D eigenvalue weighted by Crippen LogP contribution is -2.03. The first-order valence-corrected chi connectivity index (χ1v) is 12.4. The van der Waals surface area contributed by atoms with Gasteiger partial charge in [-0.05, 0) is 70.7 Å². The fourth-order valence-corrected chi connectivity index (χ4v) is 4.52. The van der Waals surface area contributed by atoms with E-state index in [2.05, 4.69) is 74.8 Å². The molecule has 34 heavy (non-hydrogen) atoms. The molecule has 0 amide bonds. The summed E-state index contributed by atoms with van der Waals surface area (Å²) in [4.78, 5) is 19.4. The van der Waals surface area contributed by atoms with Gasteiger partial charge in [0, 0.05) is 5.56 Å². The van der Waals surface area contributed by atoms with Gasteiger partial charge in [0.15, 0.2) is 0 Å². The molecule has 0 saturated heterocycles. The summed E-state index contributed by atoms with van der Waals surface area (Å²) in [5.41, 5.74) is 8.34. The molecule has 3 aromatic carbocycles. The summed E-state index contributed by atoms with van der Waals surface area (Å²) in [6.07, 6.45) is 10.2. The smallest absolute Gasteiger partial charge is 0.391 e. The Morgan fingerprint density at radius 1 is 0.647 bits per heavy atom. The zero-order valence-electron chi connectivity index (χ0n) is 19.4. The number of hydrogen-bond donors (Lipinski definition) is 2. The fraction of sp³-hybridized carbons (Fsp3) is 0.133. The highest BCUT2D eigenvalue weighted by Crippen LogP contribution is 2.44. The van der Waals surface area contributed by atoms with Crippen molar-refractivity contribution in [1.29, 1.82) is 0 Å². The molecule has 0 heterocycles. The molecule has 0 aliphatic carbocycles. The second-order valence-corrected chi connectivity index (χ2v) is 8.65. The maximum atomic E-state index is 9.72. The minimum Gasteiger partial charge on any atom is -0.427 e. The minimum atomic E-state index is -2.58. The van der Waals surface area contributed by atoms with Gasteiger partial charge in [-0.25, -0.2) is 0 Å². The maximum absolute atomic E-state index is 9.72. The lowest BCUT2D eigenvalue weighted by atomic mass is 9.84. The first kappa shape index (κ1) is 25.4. The Morgan fingerprint density at radius 2 is 1.12 bits per heavy atom. The highest BCUT2D eigenvalue weighted by Gasteiger charge is 2.21. The molecule has 0 bridgehead atoms. The van der Waals surface area contributed by atoms with E-state index in [1.165, 1.54) is 11.1 Å². The average Bonchev–Trinajstić information content (AvgIpc) is 2.82. The van der Waals surface area contributed by atoms with Crippen LogP contribution in [0.4, 0.5) is 0 Å². The van der Waals surface area contributed by atoms with Crippen LogP contribution in [0.5, 0.6) is 5.75 Å². The standard InChI is InChI=1S/C30H31O3P/c1-5-9-22-13-17-24(18-14-22)28-21-29(33-34(31)32)27(12-8-4)30(26(28)11-7-3)25-19-15-23(10-6-2)16-20-25/h5-8,13-21,31-32H,1-4,9-12H2. The molecule has 3 nitrogen and oxygen atoms in total. The molecule has 0 aromatic heterocycles. The Labute approximate surface area is 204 Å². The van der Waals surface area contributed by atoms with Crippen molar-refractivity contribution in [3.8, 4) is 28.0 Å². The van der Waals surface area contributed by atoms with E-state index in [0.717, 1.165) is 46.2 Å². The van der Waals surface area contributed by atoms with Crippen molar-refractivity contribution in [1.82, 2.24) is 0 Å². The SMILES string of the molecule is C=CCc1ccc(-c2cc(OP(O)O)c(CC=C)c(-c3ccc(CC=C)cc3)c2CC=C)cc1. The number of hydrogen-bond acceptors (Lipinski definition) is 3. The first-order valence-electron chi connectivity index (χ1n) is 11.2. The van der Waals surface area contributed by atoms with Crippen molar-refractivity contribution < 1.29 is 14.3 Å². The van der Waals surface area contributed by atoms with Crippen LogP contribution in [0.15, 0.2) is 105 Å². The molecule has 0 radical (unpaired) electrons. The largest absolute Gasteiger partial charge is 0.427 e. The highest BCUT2D eigenvalue weighted by molar-refractivity contribution is 7.39. The molecule has 0 unspecified atom stereocenters. The molecule has 0 aliphatic heterocycles. The average molecular weight is 471 g/mol. The molecule has 2 N–H and O–H groups in total. The number of benzene rings is 3. The normalized spacial score (nSPS) is 10.7. The Hall–Kier alpha value is -3.23. The summed E-state index contributed by atoms with van der Waals surface area (Å²) < 4.78 is 5.56. The quantitative estimate of drug-likeness (QED) is 0.213. The van der Waals surface area contributed by atoms with Gasteiger partial charge in [-0.3, -0.25) is 0 Å². The van der Waals surface area contributed by atoms with E-state index < -0.39 is 8.60 Å². The van der Waals surface area contributed by atoms with Crippen molar-refractivity contribution in [2.45, 2.75) is 25.7 Å². The van der Waals surface area contributed by atoms with Crippen LogP contribution in [0.25, 0.3) is 22.3 Å². The molecule has 174 valence electrons. The molecule has 3 aromatic rings. The summed E-state index contributed by atoms with van der Waals surface area (Å²) in [6, 6.07) is 18.6. The zero-order chi connectivity index (χ0) is 24.5. The molecular formula is C30H31O3P. The van der Waals surface area contributed by atoms with Gasteiger partial charge in [0.05, 0.1) is 0 Å². The first-order chi connectivity index (χ1) is 16.5. The predicted molar refractivity (Wildman–Crippen MR) is 145 cm³/mol. The lowest BCUT2D eigenvalue weighted by molar-refractivity contribution is 0.374. The topological polar surface area (TPSA) is 49.7 Å². The molecule has 0 fully saturated rings. The van der Waals surface area contributed by atoms with E-state index in [0.29, 0.717) is 18.6 Å². The third kappa shape index (κ3) is 6.01. The zero-order valence-corrected chi connectivity index (χ0v) is 20.3. The molecule has 3 rings (SSSR count).